The van der Waals surface area contributed by atoms with Gasteiger partial charge in [-0.1, -0.05) is 30.9 Å². The van der Waals surface area contributed by atoms with Crippen LogP contribution in [0.3, 0.4) is 0 Å². The number of anilines is 2. The first-order chi connectivity index (χ1) is 18.8. The standard InChI is InChI=1S/C26H29N5O2.C2HF3O2/c1-4-14-33-24-17(2)15-20(16-18(24)3)23(26(32)31-30-22-8-6-5-7-9-22)29-21-12-10-19(11-13-21)25(27)28;3-2(4,5)1(6)7/h4-13,15-16,23,29-30H,1,14H2,2-3H3,(H3,27,28)(H,31,32);(H,6,7). The summed E-state index contributed by atoms with van der Waals surface area (Å²) in [4.78, 5) is 22.1. The number of nitrogens with two attached hydrogens (primary N) is 1. The Balaban J connectivity index is 0.000000708. The van der Waals surface area contributed by atoms with Gasteiger partial charge in [0.1, 0.15) is 24.2 Å². The van der Waals surface area contributed by atoms with Crippen LogP contribution in [0.1, 0.15) is 28.3 Å². The largest absolute Gasteiger partial charge is 0.490 e. The van der Waals surface area contributed by atoms with Gasteiger partial charge in [0.2, 0.25) is 0 Å². The Labute approximate surface area is 229 Å². The molecule has 0 aromatic heterocycles. The lowest BCUT2D eigenvalue weighted by molar-refractivity contribution is -0.192. The molecule has 0 bridgehead atoms. The van der Waals surface area contributed by atoms with Crippen LogP contribution in [-0.2, 0) is 9.59 Å². The molecule has 0 heterocycles. The number of nitrogen functional groups attached to an aromatic ring is 1. The van der Waals surface area contributed by atoms with E-state index in [1.165, 1.54) is 0 Å². The normalized spacial score (nSPS) is 11.2. The number of alkyl halides is 3. The molecular formula is C28H30F3N5O4. The number of carboxylic acids is 1. The molecule has 0 aliphatic heterocycles. The molecule has 0 saturated carbocycles. The minimum Gasteiger partial charge on any atom is -0.489 e. The Morgan fingerprint density at radius 2 is 1.60 bits per heavy atom. The zero-order valence-electron chi connectivity index (χ0n) is 21.8. The third kappa shape index (κ3) is 9.39. The van der Waals surface area contributed by atoms with Crippen LogP contribution in [0.4, 0.5) is 24.5 Å². The smallest absolute Gasteiger partial charge is 0.489 e. The van der Waals surface area contributed by atoms with Crippen molar-refractivity contribution in [2.45, 2.75) is 26.1 Å². The summed E-state index contributed by atoms with van der Waals surface area (Å²) in [6, 6.07) is 19.7. The van der Waals surface area contributed by atoms with Gasteiger partial charge in [0, 0.05) is 11.3 Å². The minimum atomic E-state index is -5.08. The lowest BCUT2D eigenvalue weighted by Gasteiger charge is -2.23. The van der Waals surface area contributed by atoms with E-state index in [0.717, 1.165) is 33.8 Å². The number of aliphatic carboxylic acids is 1. The maximum Gasteiger partial charge on any atom is 0.490 e. The van der Waals surface area contributed by atoms with E-state index in [-0.39, 0.29) is 11.7 Å². The second-order valence-electron chi connectivity index (χ2n) is 8.44. The van der Waals surface area contributed by atoms with Gasteiger partial charge in [-0.05, 0) is 79.1 Å². The van der Waals surface area contributed by atoms with E-state index in [9.17, 15) is 18.0 Å². The van der Waals surface area contributed by atoms with Crippen molar-refractivity contribution in [2.75, 3.05) is 17.3 Å². The van der Waals surface area contributed by atoms with Crippen molar-refractivity contribution in [1.29, 1.82) is 5.41 Å². The zero-order chi connectivity index (χ0) is 29.9. The van der Waals surface area contributed by atoms with Crippen LogP contribution in [-0.4, -0.2) is 35.6 Å². The molecule has 1 atom stereocenters. The molecule has 0 saturated heterocycles. The number of hydrogen-bond acceptors (Lipinski definition) is 6. The number of hydrogen-bond donors (Lipinski definition) is 6. The number of aryl methyl sites for hydroxylation is 2. The van der Waals surface area contributed by atoms with Crippen LogP contribution in [0.5, 0.6) is 5.75 Å². The van der Waals surface area contributed by atoms with E-state index in [2.05, 4.69) is 22.7 Å². The molecule has 3 aromatic rings. The quantitative estimate of drug-likeness (QED) is 0.0881. The number of benzene rings is 3. The lowest BCUT2D eigenvalue weighted by atomic mass is 9.99. The molecule has 0 radical (unpaired) electrons. The van der Waals surface area contributed by atoms with Crippen LogP contribution < -0.4 is 26.6 Å². The SMILES string of the molecule is C=CCOc1c(C)cc(C(Nc2ccc(C(=N)N)cc2)C(=O)NNc2ccccc2)cc1C.O=C(O)C(F)(F)F. The van der Waals surface area contributed by atoms with Gasteiger partial charge in [0.15, 0.2) is 0 Å². The molecule has 0 aliphatic rings. The Morgan fingerprint density at radius 1 is 1.05 bits per heavy atom. The molecule has 3 rings (SSSR count). The first-order valence-electron chi connectivity index (χ1n) is 11.8. The number of ether oxygens (including phenoxy) is 1. The molecule has 1 unspecified atom stereocenters. The highest BCUT2D eigenvalue weighted by molar-refractivity contribution is 5.95. The maximum absolute atomic E-state index is 13.2. The minimum absolute atomic E-state index is 0.00994. The average molecular weight is 558 g/mol. The van der Waals surface area contributed by atoms with Crippen molar-refractivity contribution in [3.8, 4) is 5.75 Å². The summed E-state index contributed by atoms with van der Waals surface area (Å²) in [6.07, 6.45) is -3.38. The van der Waals surface area contributed by atoms with E-state index >= 15 is 0 Å². The van der Waals surface area contributed by atoms with Gasteiger partial charge >= 0.3 is 12.1 Å². The average Bonchev–Trinajstić information content (AvgIpc) is 2.90. The first-order valence-corrected chi connectivity index (χ1v) is 11.8. The summed E-state index contributed by atoms with van der Waals surface area (Å²) < 4.78 is 37.5. The zero-order valence-corrected chi connectivity index (χ0v) is 21.8. The molecule has 40 heavy (non-hydrogen) atoms. The molecule has 9 nitrogen and oxygen atoms in total. The predicted octanol–water partition coefficient (Wildman–Crippen LogP) is 5.08. The molecule has 3 aromatic carbocycles. The summed E-state index contributed by atoms with van der Waals surface area (Å²) in [5.74, 6) is -2.24. The summed E-state index contributed by atoms with van der Waals surface area (Å²) in [6.45, 7) is 8.01. The van der Waals surface area contributed by atoms with Gasteiger partial charge in [-0.15, -0.1) is 0 Å². The molecule has 0 spiro atoms. The Morgan fingerprint density at radius 3 is 2.08 bits per heavy atom. The maximum atomic E-state index is 13.2. The van der Waals surface area contributed by atoms with E-state index in [0.29, 0.717) is 12.2 Å². The third-order valence-corrected chi connectivity index (χ3v) is 5.28. The molecule has 7 N–H and O–H groups in total. The van der Waals surface area contributed by atoms with Gasteiger partial charge < -0.3 is 20.9 Å². The third-order valence-electron chi connectivity index (χ3n) is 5.28. The van der Waals surface area contributed by atoms with Crippen molar-refractivity contribution in [2.24, 2.45) is 5.73 Å². The lowest BCUT2D eigenvalue weighted by Crippen LogP contribution is -2.37. The number of halogens is 3. The van der Waals surface area contributed by atoms with Crippen molar-refractivity contribution in [3.05, 3.63) is 102 Å². The first kappa shape index (κ1) is 31.2. The number of rotatable bonds is 10. The Bertz CT molecular complexity index is 1310. The second kappa shape index (κ2) is 14.2. The molecule has 0 fully saturated rings. The van der Waals surface area contributed by atoms with Gasteiger partial charge in [-0.25, -0.2) is 4.79 Å². The fraction of sp³-hybridized carbons (Fsp3) is 0.179. The van der Waals surface area contributed by atoms with Gasteiger partial charge in [-0.2, -0.15) is 13.2 Å². The predicted molar refractivity (Wildman–Crippen MR) is 147 cm³/mol. The molecule has 12 heteroatoms. The monoisotopic (exact) mass is 557 g/mol. The van der Waals surface area contributed by atoms with Crippen molar-refractivity contribution < 1.29 is 32.6 Å². The summed E-state index contributed by atoms with van der Waals surface area (Å²) in [7, 11) is 0. The Hall–Kier alpha value is -5.00. The number of nitrogens with one attached hydrogen (secondary N) is 4. The fourth-order valence-corrected chi connectivity index (χ4v) is 3.46. The number of carbonyl (C=O) groups is 2. The Kier molecular flexibility index (Phi) is 11.1. The molecule has 1 amide bonds. The van der Waals surface area contributed by atoms with Crippen molar-refractivity contribution >= 4 is 29.1 Å². The highest BCUT2D eigenvalue weighted by Crippen LogP contribution is 2.29. The highest BCUT2D eigenvalue weighted by Gasteiger charge is 2.38. The van der Waals surface area contributed by atoms with Crippen LogP contribution >= 0.6 is 0 Å². The van der Waals surface area contributed by atoms with E-state index in [4.69, 9.17) is 25.8 Å². The summed E-state index contributed by atoms with van der Waals surface area (Å²) in [5, 5.41) is 18.0. The van der Waals surface area contributed by atoms with E-state index < -0.39 is 18.2 Å². The molecular weight excluding hydrogens is 527 g/mol. The molecule has 0 aliphatic carbocycles. The number of amidine groups is 1. The van der Waals surface area contributed by atoms with Gasteiger partial charge in [-0.3, -0.25) is 21.1 Å². The molecule has 212 valence electrons. The highest BCUT2D eigenvalue weighted by atomic mass is 19.4. The topological polar surface area (TPSA) is 150 Å². The van der Waals surface area contributed by atoms with E-state index in [1.54, 1.807) is 30.3 Å². The van der Waals surface area contributed by atoms with Crippen molar-refractivity contribution in [3.63, 3.8) is 0 Å². The van der Waals surface area contributed by atoms with Crippen LogP contribution in [0.25, 0.3) is 0 Å². The summed E-state index contributed by atoms with van der Waals surface area (Å²) >= 11 is 0. The number of carboxylic acid groups (broad SMARTS) is 1. The number of carbonyl (C=O) groups excluding carboxylic acids is 1. The van der Waals surface area contributed by atoms with Crippen LogP contribution in [0, 0.1) is 19.3 Å². The van der Waals surface area contributed by atoms with Crippen LogP contribution in [0.2, 0.25) is 0 Å². The van der Waals surface area contributed by atoms with Gasteiger partial charge in [0.25, 0.3) is 5.91 Å². The van der Waals surface area contributed by atoms with E-state index in [1.807, 2.05) is 56.3 Å². The number of para-hydroxylation sites is 1. The number of hydrazine groups is 1. The number of amides is 1. The fourth-order valence-electron chi connectivity index (χ4n) is 3.46. The second-order valence-corrected chi connectivity index (χ2v) is 8.44. The van der Waals surface area contributed by atoms with Crippen molar-refractivity contribution in [1.82, 2.24) is 5.43 Å². The summed E-state index contributed by atoms with van der Waals surface area (Å²) in [5.41, 5.74) is 16.0. The van der Waals surface area contributed by atoms with Crippen LogP contribution in [0.15, 0.2) is 79.4 Å². The van der Waals surface area contributed by atoms with Gasteiger partial charge in [0.05, 0.1) is 5.69 Å².